The van der Waals surface area contributed by atoms with Gasteiger partial charge in [-0.25, -0.2) is 0 Å². The number of hydrogen-bond donors (Lipinski definition) is 3. The molecule has 9 nitrogen and oxygen atoms in total. The summed E-state index contributed by atoms with van der Waals surface area (Å²) in [6.45, 7) is 5.34. The summed E-state index contributed by atoms with van der Waals surface area (Å²) in [6, 6.07) is 0.401. The first-order chi connectivity index (χ1) is 8.92. The Kier molecular flexibility index (Phi) is 6.28. The van der Waals surface area contributed by atoms with Crippen molar-refractivity contribution in [3.63, 3.8) is 0 Å². The second-order valence-corrected chi connectivity index (χ2v) is 6.30. The number of tetrazole rings is 1. The monoisotopic (exact) mass is 291 g/mol. The highest BCUT2D eigenvalue weighted by atomic mass is 32.2. The lowest BCUT2D eigenvalue weighted by molar-refractivity contribution is 0.438. The van der Waals surface area contributed by atoms with Crippen molar-refractivity contribution in [1.29, 1.82) is 0 Å². The summed E-state index contributed by atoms with van der Waals surface area (Å²) in [7, 11) is -1.97. The molecule has 1 heterocycles. The van der Waals surface area contributed by atoms with Gasteiger partial charge in [0.1, 0.15) is 0 Å². The van der Waals surface area contributed by atoms with Crippen LogP contribution in [0, 0.1) is 0 Å². The predicted molar refractivity (Wildman–Crippen MR) is 70.3 cm³/mol. The van der Waals surface area contributed by atoms with E-state index in [2.05, 4.69) is 30.7 Å². The zero-order chi connectivity index (χ0) is 14.3. The van der Waals surface area contributed by atoms with Crippen LogP contribution < -0.4 is 10.0 Å². The van der Waals surface area contributed by atoms with E-state index in [-0.39, 0.29) is 6.54 Å². The summed E-state index contributed by atoms with van der Waals surface area (Å²) >= 11 is 0. The summed E-state index contributed by atoms with van der Waals surface area (Å²) in [5, 5.41) is 16.2. The third-order valence-corrected chi connectivity index (χ3v) is 3.93. The van der Waals surface area contributed by atoms with Gasteiger partial charge in [0.15, 0.2) is 5.82 Å². The van der Waals surface area contributed by atoms with Gasteiger partial charge in [0.2, 0.25) is 0 Å². The van der Waals surface area contributed by atoms with Crippen LogP contribution in [-0.4, -0.2) is 59.5 Å². The fraction of sp³-hybridized carbons (Fsp3) is 0.889. The Labute approximate surface area is 113 Å². The first kappa shape index (κ1) is 16.0. The molecule has 0 saturated carbocycles. The normalized spacial score (nSPS) is 12.5. The molecule has 0 aromatic carbocycles. The van der Waals surface area contributed by atoms with Crippen LogP contribution in [0.3, 0.4) is 0 Å². The molecule has 0 aliphatic carbocycles. The molecule has 0 aliphatic rings. The van der Waals surface area contributed by atoms with Gasteiger partial charge in [-0.3, -0.25) is 0 Å². The van der Waals surface area contributed by atoms with Crippen molar-refractivity contribution in [3.05, 3.63) is 5.82 Å². The summed E-state index contributed by atoms with van der Waals surface area (Å²) in [6.07, 6.45) is 0.748. The van der Waals surface area contributed by atoms with Crippen LogP contribution in [0.4, 0.5) is 0 Å². The Morgan fingerprint density at radius 3 is 2.74 bits per heavy atom. The third kappa shape index (κ3) is 6.05. The molecule has 1 rings (SSSR count). The Morgan fingerprint density at radius 1 is 1.42 bits per heavy atom. The molecule has 0 spiro atoms. The molecule has 0 atom stereocenters. The van der Waals surface area contributed by atoms with Gasteiger partial charge in [-0.1, -0.05) is 19.1 Å². The number of rotatable bonds is 9. The second-order valence-electron chi connectivity index (χ2n) is 4.44. The fourth-order valence-corrected chi connectivity index (χ4v) is 2.24. The number of H-pyrrole nitrogens is 1. The smallest absolute Gasteiger partial charge is 0.279 e. The average molecular weight is 291 g/mol. The van der Waals surface area contributed by atoms with Gasteiger partial charge >= 0.3 is 0 Å². The van der Waals surface area contributed by atoms with Gasteiger partial charge in [0.25, 0.3) is 10.2 Å². The molecule has 0 aliphatic heterocycles. The molecular weight excluding hydrogens is 270 g/mol. The number of hydrogen-bond acceptors (Lipinski definition) is 6. The SMILES string of the molecule is CC(C)NCCCN(C)S(=O)(=O)NCc1nn[nH]n1. The maximum Gasteiger partial charge on any atom is 0.279 e. The van der Waals surface area contributed by atoms with E-state index in [1.54, 1.807) is 0 Å². The molecule has 110 valence electrons. The van der Waals surface area contributed by atoms with Gasteiger partial charge in [-0.15, -0.1) is 10.2 Å². The highest BCUT2D eigenvalue weighted by Crippen LogP contribution is 1.97. The number of aromatic nitrogens is 4. The Hall–Kier alpha value is -1.10. The van der Waals surface area contributed by atoms with Crippen molar-refractivity contribution >= 4 is 10.2 Å². The first-order valence-corrected chi connectivity index (χ1v) is 7.52. The van der Waals surface area contributed by atoms with Crippen LogP contribution >= 0.6 is 0 Å². The fourth-order valence-electron chi connectivity index (χ4n) is 1.34. The predicted octanol–water partition coefficient (Wildman–Crippen LogP) is -1.15. The number of nitrogens with zero attached hydrogens (tertiary/aromatic N) is 4. The standard InChI is InChI=1S/C9H21N7O2S/c1-8(2)10-5-4-6-16(3)19(17,18)11-7-9-12-14-15-13-9/h8,10-11H,4-7H2,1-3H3,(H,12,13,14,15). The van der Waals surface area contributed by atoms with E-state index in [0.717, 1.165) is 13.0 Å². The lowest BCUT2D eigenvalue weighted by atomic mass is 10.3. The molecular formula is C9H21N7O2S. The Bertz CT molecular complexity index is 445. The third-order valence-electron chi connectivity index (χ3n) is 2.41. The van der Waals surface area contributed by atoms with E-state index in [4.69, 9.17) is 0 Å². The van der Waals surface area contributed by atoms with E-state index in [1.807, 2.05) is 13.8 Å². The van der Waals surface area contributed by atoms with Crippen LogP contribution in [0.1, 0.15) is 26.1 Å². The van der Waals surface area contributed by atoms with Crippen molar-refractivity contribution in [3.8, 4) is 0 Å². The van der Waals surface area contributed by atoms with Crippen LogP contribution in [0.5, 0.6) is 0 Å². The molecule has 0 radical (unpaired) electrons. The lowest BCUT2D eigenvalue weighted by Gasteiger charge is -2.17. The molecule has 0 unspecified atom stereocenters. The van der Waals surface area contributed by atoms with Crippen LogP contribution in [0.25, 0.3) is 0 Å². The van der Waals surface area contributed by atoms with Crippen LogP contribution in [0.15, 0.2) is 0 Å². The van der Waals surface area contributed by atoms with Crippen LogP contribution in [0.2, 0.25) is 0 Å². The zero-order valence-corrected chi connectivity index (χ0v) is 12.2. The van der Waals surface area contributed by atoms with Crippen molar-refractivity contribution in [2.45, 2.75) is 32.9 Å². The summed E-state index contributed by atoms with van der Waals surface area (Å²) < 4.78 is 27.4. The van der Waals surface area contributed by atoms with E-state index in [1.165, 1.54) is 11.4 Å². The highest BCUT2D eigenvalue weighted by Gasteiger charge is 2.17. The van der Waals surface area contributed by atoms with E-state index in [9.17, 15) is 8.42 Å². The second kappa shape index (κ2) is 7.48. The summed E-state index contributed by atoms with van der Waals surface area (Å²) in [4.78, 5) is 0. The minimum Gasteiger partial charge on any atom is -0.314 e. The van der Waals surface area contributed by atoms with Gasteiger partial charge in [-0.05, 0) is 13.0 Å². The Balaban J connectivity index is 2.30. The first-order valence-electron chi connectivity index (χ1n) is 6.08. The van der Waals surface area contributed by atoms with E-state index < -0.39 is 10.2 Å². The number of aromatic amines is 1. The van der Waals surface area contributed by atoms with Crippen LogP contribution in [-0.2, 0) is 16.8 Å². The van der Waals surface area contributed by atoms with Gasteiger partial charge in [0, 0.05) is 19.6 Å². The minimum atomic E-state index is -3.50. The topological polar surface area (TPSA) is 116 Å². The molecule has 1 aromatic heterocycles. The number of nitrogens with one attached hydrogen (secondary N) is 3. The minimum absolute atomic E-state index is 0.0212. The average Bonchev–Trinajstić information content (AvgIpc) is 2.84. The molecule has 0 bridgehead atoms. The zero-order valence-electron chi connectivity index (χ0n) is 11.4. The van der Waals surface area contributed by atoms with Crippen molar-refractivity contribution in [2.75, 3.05) is 20.1 Å². The van der Waals surface area contributed by atoms with Gasteiger partial charge in [0.05, 0.1) is 6.54 Å². The summed E-state index contributed by atoms with van der Waals surface area (Å²) in [5.74, 6) is 0.304. The molecule has 19 heavy (non-hydrogen) atoms. The largest absolute Gasteiger partial charge is 0.314 e. The molecule has 0 amide bonds. The van der Waals surface area contributed by atoms with Gasteiger partial charge in [-0.2, -0.15) is 22.7 Å². The quantitative estimate of drug-likeness (QED) is 0.495. The maximum absolute atomic E-state index is 11.9. The van der Waals surface area contributed by atoms with Crippen molar-refractivity contribution in [2.24, 2.45) is 0 Å². The van der Waals surface area contributed by atoms with E-state index >= 15 is 0 Å². The molecule has 0 saturated heterocycles. The van der Waals surface area contributed by atoms with E-state index in [0.29, 0.717) is 18.4 Å². The maximum atomic E-state index is 11.9. The molecule has 0 fully saturated rings. The van der Waals surface area contributed by atoms with Crippen molar-refractivity contribution in [1.82, 2.24) is 35.0 Å². The molecule has 1 aromatic rings. The lowest BCUT2D eigenvalue weighted by Crippen LogP contribution is -2.39. The summed E-state index contributed by atoms with van der Waals surface area (Å²) in [5.41, 5.74) is 0. The highest BCUT2D eigenvalue weighted by molar-refractivity contribution is 7.87. The van der Waals surface area contributed by atoms with Crippen molar-refractivity contribution < 1.29 is 8.42 Å². The molecule has 10 heteroatoms. The Morgan fingerprint density at radius 2 is 2.16 bits per heavy atom. The molecule has 3 N–H and O–H groups in total. The van der Waals surface area contributed by atoms with Gasteiger partial charge < -0.3 is 5.32 Å².